The molecule has 0 saturated carbocycles. The number of nitrogens with zero attached hydrogens (tertiary/aromatic N) is 1. The molecular weight excluding hydrogens is 386 g/mol. The minimum Gasteiger partial charge on any atom is -0.493 e. The first-order valence-electron chi connectivity index (χ1n) is 9.02. The van der Waals surface area contributed by atoms with Gasteiger partial charge >= 0.3 is 0 Å². The zero-order valence-electron chi connectivity index (χ0n) is 16.5. The molecule has 0 saturated heterocycles. The van der Waals surface area contributed by atoms with E-state index in [1.807, 2.05) is 0 Å². The fourth-order valence-electron chi connectivity index (χ4n) is 2.21. The van der Waals surface area contributed by atoms with E-state index in [0.717, 1.165) is 58.7 Å². The van der Waals surface area contributed by atoms with Gasteiger partial charge < -0.3 is 14.2 Å². The molecule has 0 aliphatic heterocycles. The quantitative estimate of drug-likeness (QED) is 0.127. The summed E-state index contributed by atoms with van der Waals surface area (Å²) >= 11 is 3.40. The number of hydrogen-bond acceptors (Lipinski definition) is 7. The van der Waals surface area contributed by atoms with Crippen molar-refractivity contribution in [2.24, 2.45) is 0 Å². The molecule has 0 bridgehead atoms. The van der Waals surface area contributed by atoms with E-state index in [9.17, 15) is 10.1 Å². The largest absolute Gasteiger partial charge is 0.493 e. The molecule has 0 N–H and O–H groups in total. The molecule has 0 spiro atoms. The summed E-state index contributed by atoms with van der Waals surface area (Å²) in [7, 11) is 3.14. The number of nitro groups is 1. The molecule has 0 atom stereocenters. The summed E-state index contributed by atoms with van der Waals surface area (Å²) in [5, 5.41) is 10.8. The number of hydrogen-bond donors (Lipinski definition) is 0. The highest BCUT2D eigenvalue weighted by Crippen LogP contribution is 2.47. The molecule has 0 amide bonds. The van der Waals surface area contributed by atoms with Crippen LogP contribution >= 0.6 is 23.5 Å². The first-order chi connectivity index (χ1) is 13.1. The third-order valence-corrected chi connectivity index (χ3v) is 6.11. The van der Waals surface area contributed by atoms with Crippen LogP contribution in [-0.2, 0) is 4.74 Å². The average Bonchev–Trinajstić information content (AvgIpc) is 2.66. The SMILES string of the molecule is CCCCSc1c(/C=C/[N+](=O)[O-])cc(OC)c(OCOC)c1SCCCC. The summed E-state index contributed by atoms with van der Waals surface area (Å²) in [5.74, 6) is 3.06. The van der Waals surface area contributed by atoms with Crippen molar-refractivity contribution in [3.05, 3.63) is 27.9 Å². The van der Waals surface area contributed by atoms with Crippen LogP contribution in [0, 0.1) is 10.1 Å². The predicted octanol–water partition coefficient (Wildman–Crippen LogP) is 5.71. The van der Waals surface area contributed by atoms with Crippen molar-refractivity contribution in [1.82, 2.24) is 0 Å². The van der Waals surface area contributed by atoms with E-state index in [1.165, 1.54) is 6.08 Å². The summed E-state index contributed by atoms with van der Waals surface area (Å²) in [6.07, 6.45) is 6.83. The van der Waals surface area contributed by atoms with Gasteiger partial charge in [0.15, 0.2) is 18.3 Å². The van der Waals surface area contributed by atoms with Crippen molar-refractivity contribution in [3.8, 4) is 11.5 Å². The van der Waals surface area contributed by atoms with Gasteiger partial charge in [-0.15, -0.1) is 23.5 Å². The monoisotopic (exact) mass is 415 g/mol. The molecule has 0 aliphatic carbocycles. The predicted molar refractivity (Wildman–Crippen MR) is 113 cm³/mol. The van der Waals surface area contributed by atoms with Gasteiger partial charge in [-0.1, -0.05) is 26.7 Å². The van der Waals surface area contributed by atoms with Crippen LogP contribution in [0.2, 0.25) is 0 Å². The van der Waals surface area contributed by atoms with Crippen LogP contribution in [-0.4, -0.2) is 37.4 Å². The van der Waals surface area contributed by atoms with Crippen molar-refractivity contribution in [2.45, 2.75) is 49.3 Å². The van der Waals surface area contributed by atoms with E-state index in [1.54, 1.807) is 43.8 Å². The van der Waals surface area contributed by atoms with Gasteiger partial charge in [-0.05, 0) is 36.0 Å². The average molecular weight is 416 g/mol. The van der Waals surface area contributed by atoms with Crippen LogP contribution in [0.3, 0.4) is 0 Å². The number of ether oxygens (including phenoxy) is 3. The minimum atomic E-state index is -0.452. The molecule has 0 radical (unpaired) electrons. The van der Waals surface area contributed by atoms with Gasteiger partial charge in [-0.3, -0.25) is 10.1 Å². The number of rotatable bonds is 14. The summed E-state index contributed by atoms with van der Waals surface area (Å²) in [6.45, 7) is 4.41. The van der Waals surface area contributed by atoms with Gasteiger partial charge in [0.25, 0.3) is 0 Å². The van der Waals surface area contributed by atoms with Gasteiger partial charge in [0.05, 0.1) is 16.9 Å². The fourth-order valence-corrected chi connectivity index (χ4v) is 4.89. The van der Waals surface area contributed by atoms with Crippen molar-refractivity contribution in [2.75, 3.05) is 32.5 Å². The maximum atomic E-state index is 10.8. The molecule has 0 aromatic heterocycles. The van der Waals surface area contributed by atoms with Crippen LogP contribution in [0.15, 0.2) is 22.1 Å². The van der Waals surface area contributed by atoms with Crippen LogP contribution in [0.4, 0.5) is 0 Å². The second-order valence-corrected chi connectivity index (χ2v) is 7.92. The summed E-state index contributed by atoms with van der Waals surface area (Å²) in [6, 6.07) is 1.79. The Morgan fingerprint density at radius 3 is 2.26 bits per heavy atom. The van der Waals surface area contributed by atoms with E-state index in [2.05, 4.69) is 13.8 Å². The Bertz CT molecular complexity index is 623. The van der Waals surface area contributed by atoms with Crippen molar-refractivity contribution >= 4 is 29.6 Å². The highest BCUT2D eigenvalue weighted by molar-refractivity contribution is 8.02. The van der Waals surface area contributed by atoms with Crippen molar-refractivity contribution in [1.29, 1.82) is 0 Å². The molecule has 6 nitrogen and oxygen atoms in total. The Hall–Kier alpha value is -1.38. The Morgan fingerprint density at radius 1 is 1.11 bits per heavy atom. The molecule has 0 aliphatic rings. The van der Waals surface area contributed by atoms with Crippen LogP contribution in [0.5, 0.6) is 11.5 Å². The Labute approximate surface area is 170 Å². The Balaban J connectivity index is 3.45. The molecule has 0 heterocycles. The molecular formula is C19H29NO5S2. The van der Waals surface area contributed by atoms with Crippen molar-refractivity contribution in [3.63, 3.8) is 0 Å². The number of benzene rings is 1. The van der Waals surface area contributed by atoms with Crippen LogP contribution in [0.25, 0.3) is 6.08 Å². The molecule has 1 aromatic rings. The maximum Gasteiger partial charge on any atom is 0.235 e. The van der Waals surface area contributed by atoms with Gasteiger partial charge in [0, 0.05) is 18.1 Å². The maximum absolute atomic E-state index is 10.8. The lowest BCUT2D eigenvalue weighted by molar-refractivity contribution is -0.400. The number of methoxy groups -OCH3 is 2. The second kappa shape index (κ2) is 13.7. The lowest BCUT2D eigenvalue weighted by atomic mass is 10.2. The minimum absolute atomic E-state index is 0.112. The van der Waals surface area contributed by atoms with Crippen molar-refractivity contribution < 1.29 is 19.1 Å². The summed E-state index contributed by atoms with van der Waals surface area (Å²) < 4.78 is 16.4. The van der Waals surface area contributed by atoms with E-state index in [-0.39, 0.29) is 6.79 Å². The van der Waals surface area contributed by atoms with Gasteiger partial charge in [-0.2, -0.15) is 0 Å². The number of unbranched alkanes of at least 4 members (excludes halogenated alkanes) is 2. The van der Waals surface area contributed by atoms with Gasteiger partial charge in [-0.25, -0.2) is 0 Å². The molecule has 1 rings (SSSR count). The third kappa shape index (κ3) is 8.02. The second-order valence-electron chi connectivity index (χ2n) is 5.71. The first kappa shape index (κ1) is 23.7. The van der Waals surface area contributed by atoms with Crippen LogP contribution < -0.4 is 9.47 Å². The molecule has 0 fully saturated rings. The normalized spacial score (nSPS) is 11.1. The molecule has 1 aromatic carbocycles. The van der Waals surface area contributed by atoms with E-state index < -0.39 is 4.92 Å². The Morgan fingerprint density at radius 2 is 1.74 bits per heavy atom. The fraction of sp³-hybridized carbons (Fsp3) is 0.579. The highest BCUT2D eigenvalue weighted by Gasteiger charge is 2.20. The molecule has 27 heavy (non-hydrogen) atoms. The molecule has 0 unspecified atom stereocenters. The smallest absolute Gasteiger partial charge is 0.235 e. The summed E-state index contributed by atoms with van der Waals surface area (Å²) in [4.78, 5) is 12.3. The van der Waals surface area contributed by atoms with E-state index >= 15 is 0 Å². The van der Waals surface area contributed by atoms with Crippen LogP contribution in [0.1, 0.15) is 45.1 Å². The standard InChI is InChI=1S/C19H29NO5S2/c1-5-7-11-26-18-15(9-10-20(21)22)13-16(24-4)17(25-14-23-3)19(18)27-12-8-6-2/h9-10,13H,5-8,11-12,14H2,1-4H3/b10-9+. The Kier molecular flexibility index (Phi) is 12.0. The first-order valence-corrected chi connectivity index (χ1v) is 11.0. The molecule has 152 valence electrons. The molecule has 8 heteroatoms. The lowest BCUT2D eigenvalue weighted by Gasteiger charge is -2.20. The topological polar surface area (TPSA) is 70.8 Å². The number of thioether (sulfide) groups is 2. The lowest BCUT2D eigenvalue weighted by Crippen LogP contribution is -2.04. The van der Waals surface area contributed by atoms with Gasteiger partial charge in [0.2, 0.25) is 6.20 Å². The summed E-state index contributed by atoms with van der Waals surface area (Å²) in [5.41, 5.74) is 0.772. The van der Waals surface area contributed by atoms with E-state index in [4.69, 9.17) is 14.2 Å². The highest BCUT2D eigenvalue weighted by atomic mass is 32.2. The van der Waals surface area contributed by atoms with Gasteiger partial charge in [0.1, 0.15) is 0 Å². The zero-order valence-corrected chi connectivity index (χ0v) is 18.1. The van der Waals surface area contributed by atoms with E-state index in [0.29, 0.717) is 11.5 Å². The third-order valence-electron chi connectivity index (χ3n) is 3.59. The zero-order chi connectivity index (χ0) is 20.1.